The number of hydrogen-bond acceptors (Lipinski definition) is 3. The number of benzene rings is 5. The molecule has 8 rings (SSSR count). The summed E-state index contributed by atoms with van der Waals surface area (Å²) >= 11 is 0. The third-order valence-corrected chi connectivity index (χ3v) is 11.2. The van der Waals surface area contributed by atoms with Gasteiger partial charge in [0.05, 0.1) is 10.6 Å². The molecule has 40 heavy (non-hydrogen) atoms. The average Bonchev–Trinajstić information content (AvgIpc) is 3.02. The summed E-state index contributed by atoms with van der Waals surface area (Å²) in [5.41, 5.74) is 5.17. The van der Waals surface area contributed by atoms with Crippen LogP contribution < -0.4 is 25.4 Å². The van der Waals surface area contributed by atoms with Crippen LogP contribution >= 0.6 is 7.14 Å². The largest absolute Gasteiger partial charge is 0.456 e. The van der Waals surface area contributed by atoms with Crippen molar-refractivity contribution in [2.45, 2.75) is 12.3 Å². The zero-order chi connectivity index (χ0) is 26.7. The van der Waals surface area contributed by atoms with Crippen molar-refractivity contribution in [2.24, 2.45) is 0 Å². The quantitative estimate of drug-likeness (QED) is 0.213. The van der Waals surface area contributed by atoms with Crippen LogP contribution in [-0.2, 0) is 4.57 Å². The van der Waals surface area contributed by atoms with Crippen LogP contribution in [0.25, 0.3) is 22.3 Å². The molecule has 0 aromatic heterocycles. The van der Waals surface area contributed by atoms with Crippen LogP contribution in [0, 0.1) is 0 Å². The summed E-state index contributed by atoms with van der Waals surface area (Å²) in [5, 5.41) is 2.08. The monoisotopic (exact) mass is 536 g/mol. The number of rotatable bonds is 3. The fourth-order valence-electron chi connectivity index (χ4n) is 6.08. The smallest absolute Gasteiger partial charge is 0.185 e. The van der Waals surface area contributed by atoms with E-state index in [9.17, 15) is 0 Å². The highest BCUT2D eigenvalue weighted by Gasteiger charge is 2.47. The molecule has 0 amide bonds. The topological polar surface area (TPSA) is 35.5 Å². The van der Waals surface area contributed by atoms with Crippen molar-refractivity contribution < 1.29 is 14.0 Å². The summed E-state index contributed by atoms with van der Waals surface area (Å²) in [5.74, 6) is 2.77. The minimum atomic E-state index is -3.32. The van der Waals surface area contributed by atoms with Gasteiger partial charge in [0.25, 0.3) is 0 Å². The van der Waals surface area contributed by atoms with E-state index in [1.807, 2.05) is 72.8 Å². The molecular weight excluding hydrogens is 511 g/mol. The van der Waals surface area contributed by atoms with Crippen LogP contribution in [0.15, 0.2) is 133 Å². The van der Waals surface area contributed by atoms with Crippen molar-refractivity contribution >= 4 is 23.1 Å². The average molecular weight is 537 g/mol. The summed E-state index contributed by atoms with van der Waals surface area (Å²) in [6.07, 6.45) is 9.49. The summed E-state index contributed by atoms with van der Waals surface area (Å²) in [6, 6.07) is 36.5. The lowest BCUT2D eigenvalue weighted by Gasteiger charge is -2.36. The van der Waals surface area contributed by atoms with Crippen molar-refractivity contribution in [1.29, 1.82) is 0 Å². The number of fused-ring (bicyclic) bond motifs is 4. The van der Waals surface area contributed by atoms with Crippen molar-refractivity contribution in [3.05, 3.63) is 139 Å². The van der Waals surface area contributed by atoms with Gasteiger partial charge in [0.2, 0.25) is 0 Å². The molecule has 2 unspecified atom stereocenters. The first-order chi connectivity index (χ1) is 19.7. The fourth-order valence-corrected chi connectivity index (χ4v) is 9.11. The van der Waals surface area contributed by atoms with E-state index in [1.165, 1.54) is 0 Å². The van der Waals surface area contributed by atoms with Gasteiger partial charge in [-0.2, -0.15) is 0 Å². The van der Waals surface area contributed by atoms with E-state index < -0.39 is 7.14 Å². The molecule has 2 heterocycles. The number of allylic oxidation sites excluding steroid dienone is 4. The fraction of sp³-hybridized carbons (Fsp3) is 0.0556. The van der Waals surface area contributed by atoms with E-state index in [-0.39, 0.29) is 5.92 Å². The van der Waals surface area contributed by atoms with Gasteiger partial charge in [-0.05, 0) is 65.1 Å². The Kier molecular flexibility index (Phi) is 5.23. The van der Waals surface area contributed by atoms with Crippen LogP contribution in [0.3, 0.4) is 0 Å². The van der Waals surface area contributed by atoms with Crippen molar-refractivity contribution in [2.75, 3.05) is 0 Å². The van der Waals surface area contributed by atoms with Crippen LogP contribution in [-0.4, -0.2) is 0 Å². The molecule has 0 bridgehead atoms. The van der Waals surface area contributed by atoms with Crippen molar-refractivity contribution in [3.63, 3.8) is 0 Å². The molecule has 3 aliphatic rings. The molecule has 0 spiro atoms. The van der Waals surface area contributed by atoms with Gasteiger partial charge in [0, 0.05) is 11.5 Å². The molecule has 1 aliphatic carbocycles. The van der Waals surface area contributed by atoms with Crippen molar-refractivity contribution in [1.82, 2.24) is 0 Å². The lowest BCUT2D eigenvalue weighted by atomic mass is 9.92. The molecule has 0 N–H and O–H groups in total. The van der Waals surface area contributed by atoms with Gasteiger partial charge in [0.1, 0.15) is 28.3 Å². The summed E-state index contributed by atoms with van der Waals surface area (Å²) in [4.78, 5) is 0. The number of hydrogen-bond donors (Lipinski definition) is 0. The Hall–Kier alpha value is -4.59. The SMILES string of the molecule is O=P12c3ccc(C4C=CC=CC4)cc3Oc3ccc(-c4ccccc4)c(c31)Oc1cc(-c3ccccc3)ccc12. The second-order valence-corrected chi connectivity index (χ2v) is 13.0. The standard InChI is InChI=1S/C36H25O3P/c37-40-33-20-16-27(24-10-4-1-5-11-24)22-31(33)38-30-19-18-29(26-14-8-3-9-15-26)35(36(30)40)39-32-23-28(17-21-34(32)40)25-12-6-2-7-13-25/h1-10,12-24H,11H2. The second kappa shape index (κ2) is 8.98. The van der Waals surface area contributed by atoms with Crippen LogP contribution in [0.4, 0.5) is 0 Å². The molecule has 3 nitrogen and oxygen atoms in total. The second-order valence-electron chi connectivity index (χ2n) is 10.4. The Morgan fingerprint density at radius 2 is 1.35 bits per heavy atom. The minimum Gasteiger partial charge on any atom is -0.456 e. The lowest BCUT2D eigenvalue weighted by molar-refractivity contribution is 0.462. The summed E-state index contributed by atoms with van der Waals surface area (Å²) in [6.45, 7) is 0. The van der Waals surface area contributed by atoms with Crippen molar-refractivity contribution in [3.8, 4) is 45.3 Å². The molecular formula is C36H25O3P. The van der Waals surface area contributed by atoms with Gasteiger partial charge >= 0.3 is 0 Å². The van der Waals surface area contributed by atoms with Crippen LogP contribution in [0.1, 0.15) is 17.9 Å². The molecule has 0 saturated carbocycles. The molecule has 5 aromatic rings. The highest BCUT2D eigenvalue weighted by atomic mass is 31.2. The van der Waals surface area contributed by atoms with Gasteiger partial charge < -0.3 is 14.0 Å². The molecule has 0 radical (unpaired) electrons. The van der Waals surface area contributed by atoms with Gasteiger partial charge in [-0.3, -0.25) is 0 Å². The maximum absolute atomic E-state index is 15.7. The first kappa shape index (κ1) is 23.3. The van der Waals surface area contributed by atoms with Gasteiger partial charge in [0.15, 0.2) is 7.14 Å². The van der Waals surface area contributed by atoms with E-state index >= 15 is 4.57 Å². The predicted molar refractivity (Wildman–Crippen MR) is 162 cm³/mol. The highest BCUT2D eigenvalue weighted by molar-refractivity contribution is 7.86. The van der Waals surface area contributed by atoms with E-state index in [1.54, 1.807) is 0 Å². The summed E-state index contributed by atoms with van der Waals surface area (Å²) < 4.78 is 28.9. The molecule has 2 atom stereocenters. The molecule has 192 valence electrons. The number of ether oxygens (including phenoxy) is 2. The molecule has 4 heteroatoms. The molecule has 0 fully saturated rings. The zero-order valence-electron chi connectivity index (χ0n) is 21.7. The maximum Gasteiger partial charge on any atom is 0.185 e. The van der Waals surface area contributed by atoms with E-state index in [0.717, 1.165) is 39.5 Å². The molecule has 0 saturated heterocycles. The van der Waals surface area contributed by atoms with E-state index in [0.29, 0.717) is 33.6 Å². The zero-order valence-corrected chi connectivity index (χ0v) is 22.6. The maximum atomic E-state index is 15.7. The Morgan fingerprint density at radius 3 is 2.10 bits per heavy atom. The molecule has 5 aromatic carbocycles. The Balaban J connectivity index is 1.37. The lowest BCUT2D eigenvalue weighted by Crippen LogP contribution is -2.35. The third kappa shape index (κ3) is 3.48. The van der Waals surface area contributed by atoms with Crippen LogP contribution in [0.5, 0.6) is 23.0 Å². The molecule has 2 aliphatic heterocycles. The first-order valence-electron chi connectivity index (χ1n) is 13.6. The van der Waals surface area contributed by atoms with E-state index in [4.69, 9.17) is 9.47 Å². The third-order valence-electron chi connectivity index (χ3n) is 8.06. The Bertz CT molecular complexity index is 1900. The van der Waals surface area contributed by atoms with Crippen LogP contribution in [0.2, 0.25) is 0 Å². The van der Waals surface area contributed by atoms with Gasteiger partial charge in [-0.25, -0.2) is 0 Å². The van der Waals surface area contributed by atoms with E-state index in [2.05, 4.69) is 60.7 Å². The van der Waals surface area contributed by atoms with Gasteiger partial charge in [-0.1, -0.05) is 97.1 Å². The predicted octanol–water partition coefficient (Wildman–Crippen LogP) is 8.47. The minimum absolute atomic E-state index is 0.271. The first-order valence-corrected chi connectivity index (χ1v) is 15.3. The Labute approximate surface area is 233 Å². The summed E-state index contributed by atoms with van der Waals surface area (Å²) in [7, 11) is -3.32. The normalized spacial score (nSPS) is 19.6. The van der Waals surface area contributed by atoms with Gasteiger partial charge in [-0.15, -0.1) is 0 Å². The Morgan fingerprint density at radius 1 is 0.625 bits per heavy atom. The highest BCUT2D eigenvalue weighted by Crippen LogP contribution is 2.60.